The SMILES string of the molecule is Cc1ccc(C(=O)N/C(=C\c2cccc([N+](=O)[O-])c2)C(=O)NCCc2ccccc2)cc1. The number of carbonyl (C=O) groups excluding carboxylic acids is 2. The Balaban J connectivity index is 1.80. The molecule has 2 amide bonds. The van der Waals surface area contributed by atoms with Crippen molar-refractivity contribution in [2.45, 2.75) is 13.3 Å². The molecule has 3 rings (SSSR count). The van der Waals surface area contributed by atoms with Gasteiger partial charge in [0.05, 0.1) is 4.92 Å². The highest BCUT2D eigenvalue weighted by Gasteiger charge is 2.15. The first-order valence-corrected chi connectivity index (χ1v) is 10.1. The van der Waals surface area contributed by atoms with Gasteiger partial charge in [-0.1, -0.05) is 60.2 Å². The summed E-state index contributed by atoms with van der Waals surface area (Å²) < 4.78 is 0. The lowest BCUT2D eigenvalue weighted by Crippen LogP contribution is -2.35. The third kappa shape index (κ3) is 6.37. The van der Waals surface area contributed by atoms with E-state index in [0.717, 1.165) is 11.1 Å². The predicted molar refractivity (Wildman–Crippen MR) is 123 cm³/mol. The quantitative estimate of drug-likeness (QED) is 0.321. The van der Waals surface area contributed by atoms with Crippen molar-refractivity contribution in [1.82, 2.24) is 10.6 Å². The Morgan fingerprint density at radius 2 is 1.69 bits per heavy atom. The number of nitro groups is 1. The zero-order valence-electron chi connectivity index (χ0n) is 17.6. The van der Waals surface area contributed by atoms with Crippen molar-refractivity contribution in [3.05, 3.63) is 117 Å². The fraction of sp³-hybridized carbons (Fsp3) is 0.120. The first-order valence-electron chi connectivity index (χ1n) is 10.1. The van der Waals surface area contributed by atoms with Crippen molar-refractivity contribution in [3.8, 4) is 0 Å². The predicted octanol–water partition coefficient (Wildman–Crippen LogP) is 4.03. The molecule has 0 fully saturated rings. The maximum Gasteiger partial charge on any atom is 0.270 e. The van der Waals surface area contributed by atoms with Crippen LogP contribution in [-0.4, -0.2) is 23.3 Å². The maximum absolute atomic E-state index is 12.8. The number of nitrogens with one attached hydrogen (secondary N) is 2. The lowest BCUT2D eigenvalue weighted by atomic mass is 10.1. The molecule has 32 heavy (non-hydrogen) atoms. The Morgan fingerprint density at radius 1 is 0.969 bits per heavy atom. The molecule has 0 aliphatic rings. The Bertz CT molecular complexity index is 1140. The van der Waals surface area contributed by atoms with Crippen LogP contribution in [0, 0.1) is 17.0 Å². The van der Waals surface area contributed by atoms with Crippen LogP contribution in [0.25, 0.3) is 6.08 Å². The molecule has 7 heteroatoms. The van der Waals surface area contributed by atoms with E-state index in [0.29, 0.717) is 24.1 Å². The van der Waals surface area contributed by atoms with Gasteiger partial charge in [-0.05, 0) is 42.7 Å². The van der Waals surface area contributed by atoms with E-state index >= 15 is 0 Å². The van der Waals surface area contributed by atoms with E-state index in [1.807, 2.05) is 37.3 Å². The monoisotopic (exact) mass is 429 g/mol. The molecule has 0 aromatic heterocycles. The summed E-state index contributed by atoms with van der Waals surface area (Å²) in [6.07, 6.45) is 2.06. The van der Waals surface area contributed by atoms with Crippen LogP contribution in [0.5, 0.6) is 0 Å². The van der Waals surface area contributed by atoms with Crippen LogP contribution in [-0.2, 0) is 11.2 Å². The first kappa shape index (κ1) is 22.4. The molecule has 0 aliphatic heterocycles. The normalized spacial score (nSPS) is 11.0. The summed E-state index contributed by atoms with van der Waals surface area (Å²) in [5.74, 6) is -0.923. The number of non-ortho nitro benzene ring substituents is 1. The Morgan fingerprint density at radius 3 is 2.38 bits per heavy atom. The highest BCUT2D eigenvalue weighted by molar-refractivity contribution is 6.05. The minimum atomic E-state index is -0.512. The van der Waals surface area contributed by atoms with Crippen molar-refractivity contribution in [1.29, 1.82) is 0 Å². The van der Waals surface area contributed by atoms with Gasteiger partial charge in [0.2, 0.25) is 0 Å². The minimum Gasteiger partial charge on any atom is -0.350 e. The molecular formula is C25H23N3O4. The second kappa shape index (κ2) is 10.7. The van der Waals surface area contributed by atoms with Gasteiger partial charge < -0.3 is 10.6 Å². The number of nitrogens with zero attached hydrogens (tertiary/aromatic N) is 1. The zero-order chi connectivity index (χ0) is 22.9. The molecule has 3 aromatic rings. The third-order valence-corrected chi connectivity index (χ3v) is 4.74. The first-order chi connectivity index (χ1) is 15.4. The van der Waals surface area contributed by atoms with E-state index < -0.39 is 16.7 Å². The summed E-state index contributed by atoms with van der Waals surface area (Å²) >= 11 is 0. The van der Waals surface area contributed by atoms with Gasteiger partial charge in [-0.25, -0.2) is 0 Å². The topological polar surface area (TPSA) is 101 Å². The Kier molecular flexibility index (Phi) is 7.48. The molecule has 0 atom stereocenters. The summed E-state index contributed by atoms with van der Waals surface area (Å²) in [6, 6.07) is 22.5. The van der Waals surface area contributed by atoms with Crippen LogP contribution in [0.3, 0.4) is 0 Å². The lowest BCUT2D eigenvalue weighted by molar-refractivity contribution is -0.384. The van der Waals surface area contributed by atoms with Gasteiger partial charge in [-0.3, -0.25) is 19.7 Å². The molecule has 0 saturated carbocycles. The van der Waals surface area contributed by atoms with Gasteiger partial charge in [-0.2, -0.15) is 0 Å². The van der Waals surface area contributed by atoms with Crippen LogP contribution in [0.15, 0.2) is 84.6 Å². The maximum atomic E-state index is 12.8. The molecule has 162 valence electrons. The van der Waals surface area contributed by atoms with Crippen molar-refractivity contribution < 1.29 is 14.5 Å². The average molecular weight is 429 g/mol. The molecule has 0 radical (unpaired) electrons. The molecule has 2 N–H and O–H groups in total. The number of nitro benzene ring substituents is 1. The molecule has 3 aromatic carbocycles. The molecular weight excluding hydrogens is 406 g/mol. The average Bonchev–Trinajstić information content (AvgIpc) is 2.80. The van der Waals surface area contributed by atoms with Crippen LogP contribution >= 0.6 is 0 Å². The summed E-state index contributed by atoms with van der Waals surface area (Å²) in [5.41, 5.74) is 2.80. The molecule has 0 aliphatic carbocycles. The van der Waals surface area contributed by atoms with Crippen molar-refractivity contribution >= 4 is 23.6 Å². The van der Waals surface area contributed by atoms with E-state index in [1.54, 1.807) is 30.3 Å². The highest BCUT2D eigenvalue weighted by Crippen LogP contribution is 2.16. The number of carbonyl (C=O) groups is 2. The zero-order valence-corrected chi connectivity index (χ0v) is 17.6. The number of hydrogen-bond acceptors (Lipinski definition) is 4. The van der Waals surface area contributed by atoms with E-state index in [9.17, 15) is 19.7 Å². The Hall–Kier alpha value is -4.26. The smallest absolute Gasteiger partial charge is 0.270 e. The molecule has 7 nitrogen and oxygen atoms in total. The summed E-state index contributed by atoms with van der Waals surface area (Å²) in [6.45, 7) is 2.28. The lowest BCUT2D eigenvalue weighted by Gasteiger charge is -2.12. The van der Waals surface area contributed by atoms with E-state index in [2.05, 4.69) is 10.6 Å². The Labute approximate surface area is 185 Å². The molecule has 0 heterocycles. The van der Waals surface area contributed by atoms with Gasteiger partial charge in [0.1, 0.15) is 5.70 Å². The third-order valence-electron chi connectivity index (χ3n) is 4.74. The van der Waals surface area contributed by atoms with Crippen molar-refractivity contribution in [2.75, 3.05) is 6.54 Å². The number of aryl methyl sites for hydroxylation is 1. The standard InChI is InChI=1S/C25H23N3O4/c1-18-10-12-21(13-11-18)24(29)27-23(17-20-8-5-9-22(16-20)28(31)32)25(30)26-15-14-19-6-3-2-4-7-19/h2-13,16-17H,14-15H2,1H3,(H,26,30)(H,27,29)/b23-17-. The number of benzene rings is 3. The largest absolute Gasteiger partial charge is 0.350 e. The van der Waals surface area contributed by atoms with Crippen LogP contribution < -0.4 is 10.6 Å². The van der Waals surface area contributed by atoms with Gasteiger partial charge in [0, 0.05) is 24.2 Å². The second-order valence-corrected chi connectivity index (χ2v) is 7.22. The van der Waals surface area contributed by atoms with E-state index in [-0.39, 0.29) is 11.4 Å². The second-order valence-electron chi connectivity index (χ2n) is 7.22. The highest BCUT2D eigenvalue weighted by atomic mass is 16.6. The van der Waals surface area contributed by atoms with Gasteiger partial charge in [-0.15, -0.1) is 0 Å². The fourth-order valence-electron chi connectivity index (χ4n) is 3.01. The summed E-state index contributed by atoms with van der Waals surface area (Å²) in [5, 5.41) is 16.5. The molecule has 0 saturated heterocycles. The molecule has 0 spiro atoms. The number of hydrogen-bond donors (Lipinski definition) is 2. The summed E-state index contributed by atoms with van der Waals surface area (Å²) in [7, 11) is 0. The van der Waals surface area contributed by atoms with Crippen LogP contribution in [0.2, 0.25) is 0 Å². The van der Waals surface area contributed by atoms with Crippen LogP contribution in [0.4, 0.5) is 5.69 Å². The fourth-order valence-corrected chi connectivity index (χ4v) is 3.01. The van der Waals surface area contributed by atoms with Crippen molar-refractivity contribution in [2.24, 2.45) is 0 Å². The molecule has 0 bridgehead atoms. The van der Waals surface area contributed by atoms with Crippen molar-refractivity contribution in [3.63, 3.8) is 0 Å². The molecule has 0 unspecified atom stereocenters. The van der Waals surface area contributed by atoms with Gasteiger partial charge in [0.15, 0.2) is 0 Å². The van der Waals surface area contributed by atoms with Crippen LogP contribution in [0.1, 0.15) is 27.0 Å². The van der Waals surface area contributed by atoms with Gasteiger partial charge in [0.25, 0.3) is 17.5 Å². The number of amides is 2. The van der Waals surface area contributed by atoms with Gasteiger partial charge >= 0.3 is 0 Å². The summed E-state index contributed by atoms with van der Waals surface area (Å²) in [4.78, 5) is 36.1. The van der Waals surface area contributed by atoms with E-state index in [4.69, 9.17) is 0 Å². The minimum absolute atomic E-state index is 0.00383. The number of rotatable bonds is 8. The van der Waals surface area contributed by atoms with E-state index in [1.165, 1.54) is 24.3 Å².